The Morgan fingerprint density at radius 1 is 1.38 bits per heavy atom. The minimum atomic E-state index is -0.252. The summed E-state index contributed by atoms with van der Waals surface area (Å²) in [4.78, 5) is 7.12. The largest absolute Gasteiger partial charge is 0.367 e. The zero-order valence-electron chi connectivity index (χ0n) is 8.07. The van der Waals surface area contributed by atoms with Gasteiger partial charge in [-0.15, -0.1) is 0 Å². The number of nitrogens with one attached hydrogen (secondary N) is 1. The van der Waals surface area contributed by atoms with Gasteiger partial charge in [-0.05, 0) is 29.7 Å². The number of aromatic amines is 1. The van der Waals surface area contributed by atoms with Gasteiger partial charge in [0.15, 0.2) is 5.01 Å². The van der Waals surface area contributed by atoms with Crippen molar-refractivity contribution < 1.29 is 4.39 Å². The van der Waals surface area contributed by atoms with Crippen LogP contribution in [0.25, 0.3) is 21.6 Å². The van der Waals surface area contributed by atoms with Gasteiger partial charge in [0.2, 0.25) is 5.95 Å². The molecule has 3 aromatic rings. The zero-order chi connectivity index (χ0) is 11.1. The number of hydrogen-bond donors (Lipinski definition) is 2. The second-order valence-corrected chi connectivity index (χ2v) is 4.09. The quantitative estimate of drug-likeness (QED) is 0.679. The molecule has 80 valence electrons. The van der Waals surface area contributed by atoms with Gasteiger partial charge >= 0.3 is 0 Å². The van der Waals surface area contributed by atoms with Crippen LogP contribution in [0.2, 0.25) is 0 Å². The fourth-order valence-electron chi connectivity index (χ4n) is 1.58. The van der Waals surface area contributed by atoms with Gasteiger partial charge in [0.1, 0.15) is 5.82 Å². The Kier molecular flexibility index (Phi) is 1.90. The van der Waals surface area contributed by atoms with Gasteiger partial charge in [-0.3, -0.25) is 0 Å². The molecule has 0 aliphatic carbocycles. The molecule has 3 N–H and O–H groups in total. The summed E-state index contributed by atoms with van der Waals surface area (Å²) in [7, 11) is 0. The number of nitrogen functional groups attached to an aromatic ring is 1. The molecule has 0 spiro atoms. The van der Waals surface area contributed by atoms with Crippen molar-refractivity contribution in [3.8, 4) is 10.7 Å². The topological polar surface area (TPSA) is 67.6 Å². The molecule has 16 heavy (non-hydrogen) atoms. The van der Waals surface area contributed by atoms with Crippen molar-refractivity contribution in [2.45, 2.75) is 0 Å². The van der Waals surface area contributed by atoms with Crippen LogP contribution in [0.5, 0.6) is 0 Å². The van der Waals surface area contributed by atoms with E-state index in [1.54, 1.807) is 12.1 Å². The average Bonchev–Trinajstić information content (AvgIpc) is 2.84. The Hall–Kier alpha value is -1.95. The van der Waals surface area contributed by atoms with Crippen LogP contribution < -0.4 is 5.73 Å². The van der Waals surface area contributed by atoms with Crippen LogP contribution in [0.4, 0.5) is 10.3 Å². The third-order valence-electron chi connectivity index (χ3n) is 2.28. The second kappa shape index (κ2) is 3.28. The number of nitrogens with two attached hydrogens (primary N) is 1. The molecule has 2 heterocycles. The lowest BCUT2D eigenvalue weighted by Gasteiger charge is -1.88. The third-order valence-corrected chi connectivity index (χ3v) is 3.05. The van der Waals surface area contributed by atoms with Crippen LogP contribution >= 0.6 is 11.5 Å². The normalized spacial score (nSPS) is 11.1. The Balaban J connectivity index is 2.22. The van der Waals surface area contributed by atoms with E-state index in [1.807, 2.05) is 6.07 Å². The maximum absolute atomic E-state index is 13.4. The number of H-pyrrole nitrogens is 1. The van der Waals surface area contributed by atoms with Crippen LogP contribution in [-0.2, 0) is 0 Å². The fraction of sp³-hybridized carbons (Fsp3) is 0. The molecule has 0 unspecified atom stereocenters. The molecular formula is C10H7FN4S. The highest BCUT2D eigenvalue weighted by Gasteiger charge is 2.09. The number of fused-ring (bicyclic) bond motifs is 1. The summed E-state index contributed by atoms with van der Waals surface area (Å²) in [6, 6.07) is 6.61. The molecule has 0 aliphatic rings. The standard InChI is InChI=1S/C10H7FN4S/c11-6-2-1-3-7-5(6)4-8(13-7)9-14-10(12)15-16-9/h1-4,13H,(H2,12,15). The first-order valence-electron chi connectivity index (χ1n) is 4.61. The molecule has 0 saturated heterocycles. The smallest absolute Gasteiger partial charge is 0.232 e. The molecule has 0 saturated carbocycles. The number of aromatic nitrogens is 3. The first-order chi connectivity index (χ1) is 7.74. The molecule has 1 aromatic carbocycles. The van der Waals surface area contributed by atoms with E-state index in [0.29, 0.717) is 10.4 Å². The minimum absolute atomic E-state index is 0.235. The zero-order valence-corrected chi connectivity index (χ0v) is 8.88. The number of benzene rings is 1. The van der Waals surface area contributed by atoms with Crippen molar-refractivity contribution in [2.24, 2.45) is 0 Å². The van der Waals surface area contributed by atoms with Crippen LogP contribution in [0.3, 0.4) is 0 Å². The predicted octanol–water partition coefficient (Wildman–Crippen LogP) is 2.41. The van der Waals surface area contributed by atoms with E-state index in [-0.39, 0.29) is 11.8 Å². The van der Waals surface area contributed by atoms with Crippen LogP contribution in [0.15, 0.2) is 24.3 Å². The Bertz CT molecular complexity index is 658. The van der Waals surface area contributed by atoms with E-state index in [0.717, 1.165) is 11.2 Å². The molecule has 2 aromatic heterocycles. The van der Waals surface area contributed by atoms with E-state index < -0.39 is 0 Å². The van der Waals surface area contributed by atoms with Crippen molar-refractivity contribution in [3.05, 3.63) is 30.1 Å². The fourth-order valence-corrected chi connectivity index (χ4v) is 2.14. The Morgan fingerprint density at radius 3 is 2.94 bits per heavy atom. The van der Waals surface area contributed by atoms with Gasteiger partial charge in [-0.2, -0.15) is 9.36 Å². The number of anilines is 1. The second-order valence-electron chi connectivity index (χ2n) is 3.34. The number of halogens is 1. The lowest BCUT2D eigenvalue weighted by atomic mass is 10.2. The highest BCUT2D eigenvalue weighted by Crippen LogP contribution is 2.27. The van der Waals surface area contributed by atoms with Gasteiger partial charge in [-0.25, -0.2) is 4.39 Å². The minimum Gasteiger partial charge on any atom is -0.367 e. The lowest BCUT2D eigenvalue weighted by molar-refractivity contribution is 0.640. The predicted molar refractivity (Wildman–Crippen MR) is 61.6 cm³/mol. The highest BCUT2D eigenvalue weighted by atomic mass is 32.1. The van der Waals surface area contributed by atoms with Gasteiger partial charge < -0.3 is 10.7 Å². The number of rotatable bonds is 1. The number of hydrogen-bond acceptors (Lipinski definition) is 4. The molecule has 0 aliphatic heterocycles. The molecule has 0 amide bonds. The summed E-state index contributed by atoms with van der Waals surface area (Å²) in [6.45, 7) is 0. The van der Waals surface area contributed by atoms with Crippen LogP contribution in [-0.4, -0.2) is 14.3 Å². The van der Waals surface area contributed by atoms with Crippen molar-refractivity contribution in [1.29, 1.82) is 0 Å². The summed E-state index contributed by atoms with van der Waals surface area (Å²) in [6.07, 6.45) is 0. The monoisotopic (exact) mass is 234 g/mol. The first-order valence-corrected chi connectivity index (χ1v) is 5.38. The van der Waals surface area contributed by atoms with Crippen molar-refractivity contribution in [2.75, 3.05) is 5.73 Å². The van der Waals surface area contributed by atoms with E-state index in [9.17, 15) is 4.39 Å². The molecular weight excluding hydrogens is 227 g/mol. The number of nitrogens with zero attached hydrogens (tertiary/aromatic N) is 2. The third kappa shape index (κ3) is 1.35. The summed E-state index contributed by atoms with van der Waals surface area (Å²) in [5.41, 5.74) is 6.91. The molecule has 0 radical (unpaired) electrons. The summed E-state index contributed by atoms with van der Waals surface area (Å²) in [5.74, 6) is -0.0170. The van der Waals surface area contributed by atoms with Crippen molar-refractivity contribution >= 4 is 28.4 Å². The van der Waals surface area contributed by atoms with Gasteiger partial charge in [-0.1, -0.05) is 6.07 Å². The van der Waals surface area contributed by atoms with Crippen molar-refractivity contribution in [1.82, 2.24) is 14.3 Å². The van der Waals surface area contributed by atoms with Gasteiger partial charge in [0, 0.05) is 10.9 Å². The maximum atomic E-state index is 13.4. The summed E-state index contributed by atoms with van der Waals surface area (Å²) >= 11 is 1.18. The molecule has 6 heteroatoms. The SMILES string of the molecule is Nc1nsc(-c2cc3c(F)cccc3[nH]2)n1. The maximum Gasteiger partial charge on any atom is 0.232 e. The van der Waals surface area contributed by atoms with E-state index >= 15 is 0 Å². The van der Waals surface area contributed by atoms with Gasteiger partial charge in [0.25, 0.3) is 0 Å². The van der Waals surface area contributed by atoms with Crippen molar-refractivity contribution in [3.63, 3.8) is 0 Å². The average molecular weight is 234 g/mol. The molecule has 4 nitrogen and oxygen atoms in total. The van der Waals surface area contributed by atoms with E-state index in [4.69, 9.17) is 5.73 Å². The van der Waals surface area contributed by atoms with E-state index in [2.05, 4.69) is 14.3 Å². The molecule has 0 bridgehead atoms. The molecule has 0 fully saturated rings. The first kappa shape index (κ1) is 9.29. The molecule has 0 atom stereocenters. The molecule has 3 rings (SSSR count). The Morgan fingerprint density at radius 2 is 2.25 bits per heavy atom. The lowest BCUT2D eigenvalue weighted by Crippen LogP contribution is -1.85. The van der Waals surface area contributed by atoms with E-state index in [1.165, 1.54) is 17.6 Å². The highest BCUT2D eigenvalue weighted by molar-refractivity contribution is 7.09. The summed E-state index contributed by atoms with van der Waals surface area (Å²) in [5, 5.41) is 1.21. The van der Waals surface area contributed by atoms with Crippen LogP contribution in [0, 0.1) is 5.82 Å². The van der Waals surface area contributed by atoms with Gasteiger partial charge in [0.05, 0.1) is 5.69 Å². The van der Waals surface area contributed by atoms with Crippen LogP contribution in [0.1, 0.15) is 0 Å². The Labute approximate surface area is 94.1 Å². The summed E-state index contributed by atoms with van der Waals surface area (Å²) < 4.78 is 17.3.